The number of aromatic nitrogens is 5. The molecule has 1 aliphatic carbocycles. The molecule has 1 spiro atoms. The molecule has 2 fully saturated rings. The zero-order chi connectivity index (χ0) is 37.7. The number of hydrogen-bond donors (Lipinski definition) is 1. The lowest BCUT2D eigenvalue weighted by molar-refractivity contribution is -0.138. The second kappa shape index (κ2) is 14.7. The van der Waals surface area contributed by atoms with Gasteiger partial charge in [0.05, 0.1) is 11.3 Å². The van der Waals surface area contributed by atoms with Crippen molar-refractivity contribution in [1.82, 2.24) is 33.9 Å². The summed E-state index contributed by atoms with van der Waals surface area (Å²) in [7, 11) is -2.13. The van der Waals surface area contributed by atoms with E-state index in [4.69, 9.17) is 0 Å². The molecule has 53 heavy (non-hydrogen) atoms. The number of anilines is 1. The van der Waals surface area contributed by atoms with E-state index in [2.05, 4.69) is 53.4 Å². The summed E-state index contributed by atoms with van der Waals surface area (Å²) in [4.78, 5) is 56.3. The Morgan fingerprint density at radius 1 is 1.09 bits per heavy atom. The Morgan fingerprint density at radius 3 is 2.62 bits per heavy atom. The first kappa shape index (κ1) is 37.3. The standard InChI is InChI=1S/C37H41BrN8O5S2/c1-22-14-26(27-18-39-24(3)40-19-27)15-28-33(23(2)47)43-45(34(22)28)20-32(48)46-29-16-37(17-30(37)46)10-5-6-12-52-13-7-11-44(4)53(50,51)21-25-8-9-31(38)41-35(25)42-36(29)49/h5,8-10,14-15,18-19,29-30H,6-7,11-13,16-17,20-21H2,1-4H3,(H,41,42,49)/b10-5+/t29-,30+,37-/m0/s1. The molecule has 0 unspecified atom stereocenters. The highest BCUT2D eigenvalue weighted by Crippen LogP contribution is 2.61. The van der Waals surface area contributed by atoms with Crippen LogP contribution in [0.2, 0.25) is 0 Å². The van der Waals surface area contributed by atoms with Crippen molar-refractivity contribution in [2.45, 2.75) is 70.8 Å². The molecule has 278 valence electrons. The maximum Gasteiger partial charge on any atom is 0.248 e. The van der Waals surface area contributed by atoms with Gasteiger partial charge < -0.3 is 10.2 Å². The third kappa shape index (κ3) is 7.55. The van der Waals surface area contributed by atoms with Crippen LogP contribution in [0.4, 0.5) is 5.82 Å². The van der Waals surface area contributed by atoms with Gasteiger partial charge in [0.15, 0.2) is 5.78 Å². The van der Waals surface area contributed by atoms with E-state index in [-0.39, 0.29) is 47.0 Å². The molecule has 2 aliphatic heterocycles. The number of nitrogens with zero attached hydrogens (tertiary/aromatic N) is 7. The highest BCUT2D eigenvalue weighted by Gasteiger charge is 2.65. The summed E-state index contributed by atoms with van der Waals surface area (Å²) in [6, 6.07) is 6.10. The van der Waals surface area contributed by atoms with Gasteiger partial charge in [-0.25, -0.2) is 27.7 Å². The molecule has 1 aromatic carbocycles. The van der Waals surface area contributed by atoms with Gasteiger partial charge in [-0.05, 0) is 96.3 Å². The quantitative estimate of drug-likeness (QED) is 0.162. The lowest BCUT2D eigenvalue weighted by Gasteiger charge is -2.27. The fraction of sp³-hybridized carbons (Fsp3) is 0.432. The fourth-order valence-corrected chi connectivity index (χ4v) is 9.90. The van der Waals surface area contributed by atoms with Crippen molar-refractivity contribution in [1.29, 1.82) is 0 Å². The van der Waals surface area contributed by atoms with Crippen LogP contribution in [-0.4, -0.2) is 97.1 Å². The van der Waals surface area contributed by atoms with E-state index in [0.717, 1.165) is 47.5 Å². The Balaban J connectivity index is 1.23. The number of pyridine rings is 1. The number of ketones is 1. The van der Waals surface area contributed by atoms with Gasteiger partial charge >= 0.3 is 0 Å². The number of fused-ring (bicyclic) bond motifs is 3. The van der Waals surface area contributed by atoms with E-state index < -0.39 is 22.0 Å². The van der Waals surface area contributed by atoms with Crippen molar-refractivity contribution in [3.05, 3.63) is 76.1 Å². The maximum atomic E-state index is 14.5. The molecule has 5 heterocycles. The first-order chi connectivity index (χ1) is 25.3. The van der Waals surface area contributed by atoms with Crippen LogP contribution in [0.1, 0.15) is 60.0 Å². The van der Waals surface area contributed by atoms with Gasteiger partial charge in [-0.15, -0.1) is 0 Å². The summed E-state index contributed by atoms with van der Waals surface area (Å²) < 4.78 is 30.1. The van der Waals surface area contributed by atoms with E-state index in [0.29, 0.717) is 39.9 Å². The van der Waals surface area contributed by atoms with E-state index in [1.54, 1.807) is 52.9 Å². The third-order valence-corrected chi connectivity index (χ3v) is 13.7. The van der Waals surface area contributed by atoms with Crippen molar-refractivity contribution >= 4 is 72.0 Å². The molecule has 4 aromatic rings. The van der Waals surface area contributed by atoms with Crippen molar-refractivity contribution in [3.63, 3.8) is 0 Å². The number of thioether (sulfide) groups is 1. The Kier molecular flexibility index (Phi) is 10.3. The van der Waals surface area contributed by atoms with Crippen LogP contribution >= 0.6 is 27.7 Å². The largest absolute Gasteiger partial charge is 0.325 e. The smallest absolute Gasteiger partial charge is 0.248 e. The number of nitrogens with one attached hydrogen (secondary N) is 1. The van der Waals surface area contributed by atoms with Gasteiger partial charge in [-0.3, -0.25) is 19.1 Å². The summed E-state index contributed by atoms with van der Waals surface area (Å²) >= 11 is 5.14. The number of rotatable bonds is 4. The van der Waals surface area contributed by atoms with Gasteiger partial charge in [0, 0.05) is 60.9 Å². The van der Waals surface area contributed by atoms with Gasteiger partial charge in [-0.1, -0.05) is 18.2 Å². The van der Waals surface area contributed by atoms with Gasteiger partial charge in [0.1, 0.15) is 34.5 Å². The average Bonchev–Trinajstić information content (AvgIpc) is 3.50. The van der Waals surface area contributed by atoms with E-state index >= 15 is 0 Å². The Labute approximate surface area is 321 Å². The van der Waals surface area contributed by atoms with Crippen molar-refractivity contribution in [2.24, 2.45) is 5.41 Å². The molecule has 1 saturated carbocycles. The first-order valence-electron chi connectivity index (χ1n) is 17.5. The molecule has 3 atom stereocenters. The summed E-state index contributed by atoms with van der Waals surface area (Å²) in [5.41, 5.74) is 3.36. The minimum absolute atomic E-state index is 0.130. The molecule has 13 nitrogen and oxygen atoms in total. The Bertz CT molecular complexity index is 2260. The fourth-order valence-electron chi connectivity index (χ4n) is 7.50. The van der Waals surface area contributed by atoms with Crippen LogP contribution in [-0.2, 0) is 31.9 Å². The van der Waals surface area contributed by atoms with E-state index in [9.17, 15) is 22.8 Å². The van der Waals surface area contributed by atoms with Crippen molar-refractivity contribution in [3.8, 4) is 11.1 Å². The topological polar surface area (TPSA) is 160 Å². The molecule has 1 saturated heterocycles. The second-order valence-electron chi connectivity index (χ2n) is 14.1. The molecule has 1 N–H and O–H groups in total. The SMILES string of the molecule is CC(=O)c1nn(CC(=O)N2[C@H]3C[C@@]4(/C=C/CCSCCCN(C)S(=O)(=O)Cc5ccc(Br)nc5NC3=O)C[C@@H]24)c2c(C)cc(-c3cnc(C)nc3)cc12. The van der Waals surface area contributed by atoms with Crippen molar-refractivity contribution in [2.75, 3.05) is 30.4 Å². The molecule has 3 aromatic heterocycles. The number of carbonyl (C=O) groups is 3. The number of likely N-dealkylation sites (tertiary alicyclic amines) is 1. The minimum Gasteiger partial charge on any atom is -0.325 e. The maximum absolute atomic E-state index is 14.5. The summed E-state index contributed by atoms with van der Waals surface area (Å²) in [6.45, 7) is 5.39. The molecule has 7 rings (SSSR count). The van der Waals surface area contributed by atoms with Crippen LogP contribution in [0.5, 0.6) is 0 Å². The number of piperidine rings is 1. The number of carbonyl (C=O) groups excluding carboxylic acids is 3. The van der Waals surface area contributed by atoms with Gasteiger partial charge in [0.25, 0.3) is 0 Å². The summed E-state index contributed by atoms with van der Waals surface area (Å²) in [5, 5.41) is 8.17. The summed E-state index contributed by atoms with van der Waals surface area (Å²) in [5.74, 6) is 1.19. The molecular formula is C37H41BrN8O5S2. The molecular weight excluding hydrogens is 780 g/mol. The van der Waals surface area contributed by atoms with Crippen LogP contribution in [0, 0.1) is 19.3 Å². The number of sulfonamides is 1. The molecule has 2 bridgehead atoms. The van der Waals surface area contributed by atoms with Gasteiger partial charge in [0.2, 0.25) is 21.8 Å². The zero-order valence-electron chi connectivity index (χ0n) is 30.0. The molecule has 3 aliphatic rings. The zero-order valence-corrected chi connectivity index (χ0v) is 33.2. The van der Waals surface area contributed by atoms with Crippen LogP contribution in [0.25, 0.3) is 22.0 Å². The predicted molar refractivity (Wildman–Crippen MR) is 208 cm³/mol. The number of amides is 2. The van der Waals surface area contributed by atoms with Crippen LogP contribution < -0.4 is 5.32 Å². The number of aryl methyl sites for hydroxylation is 2. The van der Waals surface area contributed by atoms with Gasteiger partial charge in [-0.2, -0.15) is 16.9 Å². The molecule has 2 amide bonds. The average molecular weight is 822 g/mol. The molecule has 16 heteroatoms. The highest BCUT2D eigenvalue weighted by atomic mass is 79.9. The Hall–Kier alpha value is -3.99. The number of hydrogen-bond acceptors (Lipinski definition) is 10. The Morgan fingerprint density at radius 2 is 1.87 bits per heavy atom. The predicted octanol–water partition coefficient (Wildman–Crippen LogP) is 5.31. The second-order valence-corrected chi connectivity index (χ2v) is 18.2. The van der Waals surface area contributed by atoms with Crippen molar-refractivity contribution < 1.29 is 22.8 Å². The lowest BCUT2D eigenvalue weighted by atomic mass is 9.98. The number of Topliss-reactive ketones (excluding diaryl/α,β-unsaturated/α-hetero) is 1. The molecule has 0 radical (unpaired) electrons. The third-order valence-electron chi connectivity index (χ3n) is 10.3. The minimum atomic E-state index is -3.70. The van der Waals surface area contributed by atoms with Crippen LogP contribution in [0.3, 0.4) is 0 Å². The first-order valence-corrected chi connectivity index (χ1v) is 21.1. The number of allylic oxidation sites excluding steroid dienone is 1. The number of halogens is 1. The lowest BCUT2D eigenvalue weighted by Crippen LogP contribution is -2.47. The normalized spacial score (nSPS) is 24.1. The summed E-state index contributed by atoms with van der Waals surface area (Å²) in [6.07, 6.45) is 10.5. The highest BCUT2D eigenvalue weighted by molar-refractivity contribution is 9.10. The monoisotopic (exact) mass is 820 g/mol. The number of benzene rings is 1. The van der Waals surface area contributed by atoms with Crippen LogP contribution in [0.15, 0.2) is 53.4 Å². The van der Waals surface area contributed by atoms with E-state index in [1.165, 1.54) is 11.2 Å². The van der Waals surface area contributed by atoms with E-state index in [1.807, 2.05) is 26.0 Å².